The fraction of sp³-hybridized carbons (Fsp3) is 0.105. The molecule has 6 nitrogen and oxygen atoms in total. The van der Waals surface area contributed by atoms with Gasteiger partial charge in [0.15, 0.2) is 0 Å². The van der Waals surface area contributed by atoms with Crippen molar-refractivity contribution in [3.05, 3.63) is 69.8 Å². The predicted molar refractivity (Wildman–Crippen MR) is 107 cm³/mol. The van der Waals surface area contributed by atoms with E-state index in [2.05, 4.69) is 20.7 Å². The number of nitrogens with one attached hydrogen (secondary N) is 2. The molecule has 1 aromatic heterocycles. The summed E-state index contributed by atoms with van der Waals surface area (Å²) in [6.45, 7) is 2.53. The van der Waals surface area contributed by atoms with Gasteiger partial charge in [-0.3, -0.25) is 9.89 Å². The number of aromatic amines is 1. The number of aromatic nitrogens is 2. The molecule has 0 radical (unpaired) electrons. The molecule has 0 aliphatic carbocycles. The number of hydrogen-bond donors (Lipinski definition) is 2. The lowest BCUT2D eigenvalue weighted by molar-refractivity contribution is 0.0950. The second kappa shape index (κ2) is 8.70. The predicted octanol–water partition coefficient (Wildman–Crippen LogP) is 4.55. The highest BCUT2D eigenvalue weighted by molar-refractivity contribution is 6.36. The van der Waals surface area contributed by atoms with Gasteiger partial charge < -0.3 is 4.74 Å². The van der Waals surface area contributed by atoms with Crippen molar-refractivity contribution in [1.29, 1.82) is 0 Å². The number of halogens is 2. The maximum absolute atomic E-state index is 12.2. The molecule has 3 aromatic rings. The van der Waals surface area contributed by atoms with Gasteiger partial charge in [-0.15, -0.1) is 0 Å². The van der Waals surface area contributed by atoms with Gasteiger partial charge in [0.25, 0.3) is 5.91 Å². The zero-order chi connectivity index (χ0) is 19.2. The Hall–Kier alpha value is -2.83. The summed E-state index contributed by atoms with van der Waals surface area (Å²) in [6.07, 6.45) is 1.44. The van der Waals surface area contributed by atoms with E-state index in [9.17, 15) is 4.79 Å². The quantitative estimate of drug-likeness (QED) is 0.468. The molecule has 27 heavy (non-hydrogen) atoms. The Morgan fingerprint density at radius 1 is 1.22 bits per heavy atom. The Kier molecular flexibility index (Phi) is 6.11. The van der Waals surface area contributed by atoms with Crippen LogP contribution >= 0.6 is 23.2 Å². The number of carbonyl (C=O) groups excluding carboxylic acids is 1. The van der Waals surface area contributed by atoms with Crippen LogP contribution in [0.1, 0.15) is 23.0 Å². The highest BCUT2D eigenvalue weighted by atomic mass is 35.5. The van der Waals surface area contributed by atoms with E-state index in [1.165, 1.54) is 6.21 Å². The monoisotopic (exact) mass is 402 g/mol. The number of hydrogen-bond acceptors (Lipinski definition) is 4. The van der Waals surface area contributed by atoms with Gasteiger partial charge in [-0.05, 0) is 49.4 Å². The normalized spacial score (nSPS) is 10.9. The van der Waals surface area contributed by atoms with Gasteiger partial charge in [0.1, 0.15) is 11.4 Å². The first-order chi connectivity index (χ1) is 13.1. The molecule has 0 saturated heterocycles. The van der Waals surface area contributed by atoms with Crippen LogP contribution in [0, 0.1) is 0 Å². The molecule has 0 atom stereocenters. The second-order valence-electron chi connectivity index (χ2n) is 5.49. The molecular formula is C19H16Cl2N4O2. The number of H-pyrrole nitrogens is 1. The molecule has 0 unspecified atom stereocenters. The van der Waals surface area contributed by atoms with Crippen LogP contribution in [0.3, 0.4) is 0 Å². The highest BCUT2D eigenvalue weighted by Gasteiger charge is 2.10. The SMILES string of the molecule is CCOc1ccc(-c2cc(C(=O)N/N=C/c3ccc(Cl)cc3Cl)[nH]n2)cc1. The van der Waals surface area contributed by atoms with Crippen LogP contribution in [0.5, 0.6) is 5.75 Å². The third kappa shape index (κ3) is 4.87. The van der Waals surface area contributed by atoms with Gasteiger partial charge in [-0.25, -0.2) is 5.43 Å². The summed E-state index contributed by atoms with van der Waals surface area (Å²) in [4.78, 5) is 12.2. The molecule has 3 rings (SSSR count). The summed E-state index contributed by atoms with van der Waals surface area (Å²) in [5, 5.41) is 11.7. The molecule has 0 aliphatic rings. The third-order valence-electron chi connectivity index (χ3n) is 3.62. The summed E-state index contributed by atoms with van der Waals surface area (Å²) < 4.78 is 5.41. The van der Waals surface area contributed by atoms with Crippen LogP contribution < -0.4 is 10.2 Å². The van der Waals surface area contributed by atoms with Crippen molar-refractivity contribution in [2.45, 2.75) is 6.92 Å². The first-order valence-electron chi connectivity index (χ1n) is 8.14. The summed E-state index contributed by atoms with van der Waals surface area (Å²) in [7, 11) is 0. The Morgan fingerprint density at radius 3 is 2.70 bits per heavy atom. The minimum absolute atomic E-state index is 0.290. The van der Waals surface area contributed by atoms with Crippen LogP contribution in [0.2, 0.25) is 10.0 Å². The van der Waals surface area contributed by atoms with Gasteiger partial charge in [0.05, 0.1) is 23.5 Å². The van der Waals surface area contributed by atoms with Crippen molar-refractivity contribution in [1.82, 2.24) is 15.6 Å². The first kappa shape index (κ1) is 18.9. The van der Waals surface area contributed by atoms with Gasteiger partial charge in [-0.2, -0.15) is 10.2 Å². The zero-order valence-corrected chi connectivity index (χ0v) is 15.9. The Morgan fingerprint density at radius 2 is 2.00 bits per heavy atom. The van der Waals surface area contributed by atoms with Gasteiger partial charge in [0, 0.05) is 16.1 Å². The van der Waals surface area contributed by atoms with Crippen molar-refractivity contribution >= 4 is 35.3 Å². The fourth-order valence-corrected chi connectivity index (χ4v) is 2.76. The van der Waals surface area contributed by atoms with E-state index in [0.29, 0.717) is 33.6 Å². The molecule has 0 saturated carbocycles. The summed E-state index contributed by atoms with van der Waals surface area (Å²) in [6, 6.07) is 14.1. The second-order valence-corrected chi connectivity index (χ2v) is 6.33. The van der Waals surface area contributed by atoms with E-state index in [-0.39, 0.29) is 0 Å². The summed E-state index contributed by atoms with van der Waals surface area (Å²) in [5.41, 5.74) is 4.87. The minimum Gasteiger partial charge on any atom is -0.494 e. The lowest BCUT2D eigenvalue weighted by Gasteiger charge is -2.02. The Labute approximate surface area is 166 Å². The topological polar surface area (TPSA) is 79.4 Å². The van der Waals surface area contributed by atoms with E-state index in [0.717, 1.165) is 11.3 Å². The minimum atomic E-state index is -0.416. The fourth-order valence-electron chi connectivity index (χ4n) is 2.30. The van der Waals surface area contributed by atoms with Crippen LogP contribution in [0.25, 0.3) is 11.3 Å². The van der Waals surface area contributed by atoms with E-state index in [1.807, 2.05) is 31.2 Å². The van der Waals surface area contributed by atoms with E-state index in [4.69, 9.17) is 27.9 Å². The number of nitrogens with zero attached hydrogens (tertiary/aromatic N) is 2. The smallest absolute Gasteiger partial charge is 0.289 e. The van der Waals surface area contributed by atoms with Crippen molar-refractivity contribution in [3.63, 3.8) is 0 Å². The van der Waals surface area contributed by atoms with Crippen LogP contribution in [-0.2, 0) is 0 Å². The average molecular weight is 403 g/mol. The van der Waals surface area contributed by atoms with Crippen molar-refractivity contribution in [2.24, 2.45) is 5.10 Å². The summed E-state index contributed by atoms with van der Waals surface area (Å²) >= 11 is 11.9. The largest absolute Gasteiger partial charge is 0.494 e. The number of carbonyl (C=O) groups is 1. The van der Waals surface area contributed by atoms with E-state index >= 15 is 0 Å². The molecule has 0 spiro atoms. The number of ether oxygens (including phenoxy) is 1. The van der Waals surface area contributed by atoms with Crippen LogP contribution in [-0.4, -0.2) is 28.9 Å². The van der Waals surface area contributed by atoms with Gasteiger partial charge >= 0.3 is 0 Å². The van der Waals surface area contributed by atoms with Crippen LogP contribution in [0.4, 0.5) is 0 Å². The highest BCUT2D eigenvalue weighted by Crippen LogP contribution is 2.21. The van der Waals surface area contributed by atoms with E-state index < -0.39 is 5.91 Å². The van der Waals surface area contributed by atoms with Crippen molar-refractivity contribution < 1.29 is 9.53 Å². The molecule has 1 heterocycles. The third-order valence-corrected chi connectivity index (χ3v) is 4.18. The van der Waals surface area contributed by atoms with Gasteiger partial charge in [0.2, 0.25) is 0 Å². The number of benzene rings is 2. The molecular weight excluding hydrogens is 387 g/mol. The number of amides is 1. The summed E-state index contributed by atoms with van der Waals surface area (Å²) in [5.74, 6) is 0.367. The Balaban J connectivity index is 1.65. The molecule has 0 bridgehead atoms. The maximum atomic E-state index is 12.2. The van der Waals surface area contributed by atoms with Crippen molar-refractivity contribution in [2.75, 3.05) is 6.61 Å². The molecule has 2 N–H and O–H groups in total. The molecule has 0 aliphatic heterocycles. The molecule has 0 fully saturated rings. The first-order valence-corrected chi connectivity index (χ1v) is 8.89. The van der Waals surface area contributed by atoms with Crippen molar-refractivity contribution in [3.8, 4) is 17.0 Å². The standard InChI is InChI=1S/C19H16Cl2N4O2/c1-2-27-15-7-4-12(5-8-15)17-10-18(24-23-17)19(26)25-22-11-13-3-6-14(20)9-16(13)21/h3-11H,2H2,1H3,(H,23,24)(H,25,26)/b22-11+. The maximum Gasteiger partial charge on any atom is 0.289 e. The molecule has 1 amide bonds. The average Bonchev–Trinajstić information content (AvgIpc) is 3.14. The Bertz CT molecular complexity index is 968. The molecule has 138 valence electrons. The number of rotatable bonds is 6. The lowest BCUT2D eigenvalue weighted by atomic mass is 10.1. The van der Waals surface area contributed by atoms with E-state index in [1.54, 1.807) is 24.3 Å². The lowest BCUT2D eigenvalue weighted by Crippen LogP contribution is -2.18. The van der Waals surface area contributed by atoms with Gasteiger partial charge in [-0.1, -0.05) is 29.3 Å². The molecule has 2 aromatic carbocycles. The zero-order valence-electron chi connectivity index (χ0n) is 14.4. The van der Waals surface area contributed by atoms with Crippen LogP contribution in [0.15, 0.2) is 53.6 Å². The number of hydrazone groups is 1. The molecule has 8 heteroatoms.